The highest BCUT2D eigenvalue weighted by Crippen LogP contribution is 2.24. The highest BCUT2D eigenvalue weighted by Gasteiger charge is 2.37. The largest absolute Gasteiger partial charge is 0.366 e. The Morgan fingerprint density at radius 3 is 2.81 bits per heavy atom. The van der Waals surface area contributed by atoms with Gasteiger partial charge in [-0.25, -0.2) is 0 Å². The van der Waals surface area contributed by atoms with Crippen LogP contribution in [0.15, 0.2) is 0 Å². The molecule has 0 aromatic heterocycles. The average Bonchev–Trinajstić information content (AvgIpc) is 2.83. The fourth-order valence-corrected chi connectivity index (χ4v) is 1.64. The number of aliphatic hydroxyl groups excluding tert-OH is 1. The predicted molar refractivity (Wildman–Crippen MR) is 52.6 cm³/mol. The zero-order chi connectivity index (χ0) is 11.6. The summed E-state index contributed by atoms with van der Waals surface area (Å²) in [6.45, 7) is 5.01. The molecule has 2 saturated heterocycles. The van der Waals surface area contributed by atoms with E-state index in [4.69, 9.17) is 23.7 Å². The topological polar surface area (TPSA) is 66.4 Å². The van der Waals surface area contributed by atoms with Crippen molar-refractivity contribution in [3.63, 3.8) is 0 Å². The molecule has 94 valence electrons. The zero-order valence-corrected chi connectivity index (χ0v) is 9.55. The van der Waals surface area contributed by atoms with E-state index < -0.39 is 18.2 Å². The molecular formula is C10H18O6. The van der Waals surface area contributed by atoms with Gasteiger partial charge in [0.2, 0.25) is 0 Å². The normalized spacial score (nSPS) is 35.4. The molecule has 2 aliphatic rings. The Morgan fingerprint density at radius 1 is 1.44 bits per heavy atom. The van der Waals surface area contributed by atoms with Crippen LogP contribution in [0.2, 0.25) is 0 Å². The van der Waals surface area contributed by atoms with Crippen molar-refractivity contribution in [3.8, 4) is 0 Å². The average molecular weight is 234 g/mol. The third-order valence-corrected chi connectivity index (χ3v) is 2.49. The third-order valence-electron chi connectivity index (χ3n) is 2.49. The molecule has 0 aromatic carbocycles. The molecular weight excluding hydrogens is 216 g/mol. The zero-order valence-electron chi connectivity index (χ0n) is 9.55. The maximum Gasteiger partial charge on any atom is 0.183 e. The van der Waals surface area contributed by atoms with E-state index in [1.54, 1.807) is 13.8 Å². The number of hydrogen-bond acceptors (Lipinski definition) is 6. The molecule has 1 N–H and O–H groups in total. The number of hydrogen-bond donors (Lipinski definition) is 1. The summed E-state index contributed by atoms with van der Waals surface area (Å²) in [5.41, 5.74) is 0. The number of aliphatic hydroxyl groups is 1. The molecule has 3 atom stereocenters. The van der Waals surface area contributed by atoms with Gasteiger partial charge in [0.1, 0.15) is 19.0 Å². The van der Waals surface area contributed by atoms with Gasteiger partial charge in [-0.15, -0.1) is 0 Å². The van der Waals surface area contributed by atoms with Crippen molar-refractivity contribution in [2.45, 2.75) is 38.1 Å². The van der Waals surface area contributed by atoms with Crippen LogP contribution in [-0.2, 0) is 23.7 Å². The Labute approximate surface area is 94.4 Å². The minimum absolute atomic E-state index is 0.106. The summed E-state index contributed by atoms with van der Waals surface area (Å²) in [5, 5.41) is 9.72. The van der Waals surface area contributed by atoms with E-state index in [-0.39, 0.29) is 6.10 Å². The van der Waals surface area contributed by atoms with Crippen LogP contribution in [0.25, 0.3) is 0 Å². The summed E-state index contributed by atoms with van der Waals surface area (Å²) < 4.78 is 26.2. The molecule has 0 aliphatic carbocycles. The Bertz CT molecular complexity index is 225. The summed E-state index contributed by atoms with van der Waals surface area (Å²) in [6, 6.07) is 0. The van der Waals surface area contributed by atoms with E-state index in [1.165, 1.54) is 0 Å². The first-order valence-corrected chi connectivity index (χ1v) is 5.38. The molecule has 0 radical (unpaired) electrons. The van der Waals surface area contributed by atoms with Gasteiger partial charge in [0, 0.05) is 0 Å². The lowest BCUT2D eigenvalue weighted by Gasteiger charge is -2.21. The van der Waals surface area contributed by atoms with Gasteiger partial charge in [-0.05, 0) is 13.8 Å². The highest BCUT2D eigenvalue weighted by molar-refractivity contribution is 4.73. The summed E-state index contributed by atoms with van der Waals surface area (Å²) >= 11 is 0. The van der Waals surface area contributed by atoms with Gasteiger partial charge in [-0.2, -0.15) is 0 Å². The monoisotopic (exact) mass is 234 g/mol. The van der Waals surface area contributed by atoms with Crippen LogP contribution in [-0.4, -0.2) is 56.0 Å². The molecule has 0 aromatic rings. The van der Waals surface area contributed by atoms with E-state index in [0.717, 1.165) is 0 Å². The summed E-state index contributed by atoms with van der Waals surface area (Å²) in [7, 11) is 0. The second-order valence-corrected chi connectivity index (χ2v) is 4.37. The van der Waals surface area contributed by atoms with E-state index in [1.807, 2.05) is 0 Å². The van der Waals surface area contributed by atoms with Crippen LogP contribution in [0.3, 0.4) is 0 Å². The molecule has 6 nitrogen and oxygen atoms in total. The summed E-state index contributed by atoms with van der Waals surface area (Å²) in [6.07, 6.45) is -1.55. The third kappa shape index (κ3) is 3.13. The second kappa shape index (κ2) is 4.95. The molecule has 2 rings (SSSR count). The number of ether oxygens (including phenoxy) is 5. The van der Waals surface area contributed by atoms with E-state index in [2.05, 4.69) is 0 Å². The van der Waals surface area contributed by atoms with Gasteiger partial charge in [0.05, 0.1) is 19.8 Å². The van der Waals surface area contributed by atoms with Gasteiger partial charge < -0.3 is 28.8 Å². The van der Waals surface area contributed by atoms with Gasteiger partial charge in [-0.3, -0.25) is 0 Å². The minimum atomic E-state index is -0.994. The lowest BCUT2D eigenvalue weighted by Crippen LogP contribution is -2.35. The lowest BCUT2D eigenvalue weighted by molar-refractivity contribution is -0.206. The predicted octanol–water partition coefficient (Wildman–Crippen LogP) is -0.154. The first-order valence-electron chi connectivity index (χ1n) is 5.38. The molecule has 2 aliphatic heterocycles. The van der Waals surface area contributed by atoms with Gasteiger partial charge in [0.15, 0.2) is 12.1 Å². The maximum atomic E-state index is 9.72. The summed E-state index contributed by atoms with van der Waals surface area (Å²) in [4.78, 5) is 0. The molecule has 2 fully saturated rings. The Morgan fingerprint density at radius 2 is 2.25 bits per heavy atom. The first kappa shape index (κ1) is 12.2. The van der Waals surface area contributed by atoms with Crippen molar-refractivity contribution >= 4 is 0 Å². The van der Waals surface area contributed by atoms with Crippen LogP contribution in [0.5, 0.6) is 0 Å². The van der Waals surface area contributed by atoms with E-state index >= 15 is 0 Å². The van der Waals surface area contributed by atoms with Crippen LogP contribution >= 0.6 is 0 Å². The molecule has 2 heterocycles. The van der Waals surface area contributed by atoms with Gasteiger partial charge >= 0.3 is 0 Å². The molecule has 16 heavy (non-hydrogen) atoms. The van der Waals surface area contributed by atoms with Crippen LogP contribution < -0.4 is 0 Å². The van der Waals surface area contributed by atoms with Crippen molar-refractivity contribution in [1.82, 2.24) is 0 Å². The SMILES string of the molecule is CC1(C)OCC(C(O)OCC2COCO2)O1. The van der Waals surface area contributed by atoms with Crippen molar-refractivity contribution in [2.75, 3.05) is 26.6 Å². The molecule has 6 heteroatoms. The second-order valence-electron chi connectivity index (χ2n) is 4.37. The quantitative estimate of drug-likeness (QED) is 0.682. The smallest absolute Gasteiger partial charge is 0.183 e. The van der Waals surface area contributed by atoms with E-state index in [9.17, 15) is 5.11 Å². The minimum Gasteiger partial charge on any atom is -0.366 e. The molecule has 3 unspecified atom stereocenters. The molecule has 0 amide bonds. The molecule has 0 spiro atoms. The van der Waals surface area contributed by atoms with E-state index in [0.29, 0.717) is 26.6 Å². The van der Waals surface area contributed by atoms with Crippen LogP contribution in [0.4, 0.5) is 0 Å². The van der Waals surface area contributed by atoms with Gasteiger partial charge in [-0.1, -0.05) is 0 Å². The fourth-order valence-electron chi connectivity index (χ4n) is 1.64. The number of rotatable bonds is 4. The lowest BCUT2D eigenvalue weighted by atomic mass is 10.3. The van der Waals surface area contributed by atoms with Crippen LogP contribution in [0.1, 0.15) is 13.8 Å². The van der Waals surface area contributed by atoms with Crippen molar-refractivity contribution in [1.29, 1.82) is 0 Å². The van der Waals surface area contributed by atoms with Crippen molar-refractivity contribution < 1.29 is 28.8 Å². The standard InChI is InChI=1S/C10H18O6/c1-10(2)15-5-8(16-10)9(11)13-4-7-3-12-6-14-7/h7-9,11H,3-6H2,1-2H3. The maximum absolute atomic E-state index is 9.72. The Balaban J connectivity index is 1.69. The van der Waals surface area contributed by atoms with Gasteiger partial charge in [0.25, 0.3) is 0 Å². The highest BCUT2D eigenvalue weighted by atomic mass is 16.8. The van der Waals surface area contributed by atoms with Crippen molar-refractivity contribution in [3.05, 3.63) is 0 Å². The summed E-state index contributed by atoms with van der Waals surface area (Å²) in [5.74, 6) is -0.651. The Hall–Kier alpha value is -0.240. The Kier molecular flexibility index (Phi) is 3.78. The molecule has 0 bridgehead atoms. The molecule has 0 saturated carbocycles. The van der Waals surface area contributed by atoms with Crippen LogP contribution in [0, 0.1) is 0 Å². The van der Waals surface area contributed by atoms with Crippen molar-refractivity contribution in [2.24, 2.45) is 0 Å². The first-order chi connectivity index (χ1) is 7.57. The fraction of sp³-hybridized carbons (Fsp3) is 1.00.